The van der Waals surface area contributed by atoms with Crippen LogP contribution in [0.1, 0.15) is 32.6 Å². The minimum atomic E-state index is 0.00435. The lowest BCUT2D eigenvalue weighted by Crippen LogP contribution is -2.10. The van der Waals surface area contributed by atoms with Crippen molar-refractivity contribution in [3.8, 4) is 0 Å². The molecule has 0 aromatic heterocycles. The van der Waals surface area contributed by atoms with Crippen LogP contribution in [0.25, 0.3) is 12.2 Å². The number of carbonyl (C=O) groups is 1. The van der Waals surface area contributed by atoms with Gasteiger partial charge in [-0.2, -0.15) is 0 Å². The second kappa shape index (κ2) is 10.6. The Kier molecular flexibility index (Phi) is 7.10. The molecule has 4 heteroatoms. The molecule has 164 valence electrons. The van der Waals surface area contributed by atoms with Crippen LogP contribution in [0.2, 0.25) is 0 Å². The Morgan fingerprint density at radius 1 is 0.515 bits per heavy atom. The number of benzene rings is 4. The summed E-state index contributed by atoms with van der Waals surface area (Å²) in [5.41, 5.74) is 7.41. The number of aliphatic hydroxyl groups is 2. The van der Waals surface area contributed by atoms with Gasteiger partial charge >= 0.3 is 0 Å². The van der Waals surface area contributed by atoms with Gasteiger partial charge in [-0.3, -0.25) is 4.79 Å². The summed E-state index contributed by atoms with van der Waals surface area (Å²) in [7, 11) is 0. The van der Waals surface area contributed by atoms with Gasteiger partial charge in [-0.25, -0.2) is 0 Å². The van der Waals surface area contributed by atoms with Crippen molar-refractivity contribution < 1.29 is 15.0 Å². The third-order valence-electron chi connectivity index (χ3n) is 5.45. The first-order chi connectivity index (χ1) is 16.2. The summed E-state index contributed by atoms with van der Waals surface area (Å²) < 4.78 is 0. The Labute approximate surface area is 193 Å². The van der Waals surface area contributed by atoms with E-state index >= 15 is 0 Å². The molecule has 4 nitrogen and oxygen atoms in total. The van der Waals surface area contributed by atoms with E-state index in [-0.39, 0.29) is 13.2 Å². The van der Waals surface area contributed by atoms with Crippen LogP contribution in [0.3, 0.4) is 0 Å². The summed E-state index contributed by atoms with van der Waals surface area (Å²) in [6, 6.07) is 31.3. The van der Waals surface area contributed by atoms with Gasteiger partial charge in [0.25, 0.3) is 0 Å². The van der Waals surface area contributed by atoms with Crippen LogP contribution in [0.5, 0.6) is 0 Å². The first kappa shape index (κ1) is 22.2. The molecule has 4 rings (SSSR count). The molecule has 0 aliphatic rings. The van der Waals surface area contributed by atoms with Gasteiger partial charge in [-0.05, 0) is 58.7 Å². The van der Waals surface area contributed by atoms with Gasteiger partial charge in [0, 0.05) is 22.6 Å². The molecule has 0 fully saturated rings. The maximum atomic E-state index is 10.8. The van der Waals surface area contributed by atoms with Crippen LogP contribution in [0.4, 0.5) is 17.1 Å². The summed E-state index contributed by atoms with van der Waals surface area (Å²) in [4.78, 5) is 12.9. The van der Waals surface area contributed by atoms with E-state index < -0.39 is 0 Å². The first-order valence-electron chi connectivity index (χ1n) is 10.7. The predicted molar refractivity (Wildman–Crippen MR) is 134 cm³/mol. The number of anilines is 3. The van der Waals surface area contributed by atoms with Crippen LogP contribution < -0.4 is 4.90 Å². The molecule has 0 amide bonds. The molecule has 2 N–H and O–H groups in total. The molecule has 0 unspecified atom stereocenters. The summed E-state index contributed by atoms with van der Waals surface area (Å²) in [6.45, 7) is 0.00869. The maximum Gasteiger partial charge on any atom is 0.150 e. The molecule has 33 heavy (non-hydrogen) atoms. The van der Waals surface area contributed by atoms with Crippen LogP contribution in [0, 0.1) is 0 Å². The Hall–Kier alpha value is -3.99. The lowest BCUT2D eigenvalue weighted by molar-refractivity contribution is 0.112. The lowest BCUT2D eigenvalue weighted by Gasteiger charge is -2.26. The van der Waals surface area contributed by atoms with Gasteiger partial charge in [0.2, 0.25) is 0 Å². The van der Waals surface area contributed by atoms with Gasteiger partial charge in [-0.1, -0.05) is 72.8 Å². The molecule has 0 saturated heterocycles. The summed E-state index contributed by atoms with van der Waals surface area (Å²) in [5, 5.41) is 18.8. The van der Waals surface area contributed by atoms with E-state index in [9.17, 15) is 15.0 Å². The largest absolute Gasteiger partial charge is 0.392 e. The third kappa shape index (κ3) is 5.44. The van der Waals surface area contributed by atoms with Crippen molar-refractivity contribution in [2.45, 2.75) is 13.2 Å². The third-order valence-corrected chi connectivity index (χ3v) is 5.45. The molecule has 0 bridgehead atoms. The number of nitrogens with zero attached hydrogens (tertiary/aromatic N) is 1. The summed E-state index contributed by atoms with van der Waals surface area (Å²) in [6.07, 6.45) is 4.89. The maximum absolute atomic E-state index is 10.8. The highest BCUT2D eigenvalue weighted by Gasteiger charge is 2.12. The van der Waals surface area contributed by atoms with Crippen molar-refractivity contribution in [1.29, 1.82) is 0 Å². The molecule has 0 radical (unpaired) electrons. The number of hydrogen-bond acceptors (Lipinski definition) is 4. The van der Waals surface area contributed by atoms with E-state index in [4.69, 9.17) is 0 Å². The zero-order chi connectivity index (χ0) is 23.0. The van der Waals surface area contributed by atoms with Crippen LogP contribution in [-0.4, -0.2) is 16.5 Å². The van der Waals surface area contributed by atoms with Crippen molar-refractivity contribution >= 4 is 35.5 Å². The second-order valence-corrected chi connectivity index (χ2v) is 7.69. The highest BCUT2D eigenvalue weighted by atomic mass is 16.3. The van der Waals surface area contributed by atoms with Crippen molar-refractivity contribution in [2.24, 2.45) is 0 Å². The molecule has 0 atom stereocenters. The Bertz CT molecular complexity index is 1160. The van der Waals surface area contributed by atoms with Gasteiger partial charge in [0.05, 0.1) is 13.2 Å². The fraction of sp³-hybridized carbons (Fsp3) is 0.0690. The SMILES string of the molecule is O=Cc1ccc(/C=C/c2ccc(N(c3ccc(CO)cc3)c3ccc(CO)cc3)cc2)cc1. The van der Waals surface area contributed by atoms with E-state index in [2.05, 4.69) is 29.2 Å². The topological polar surface area (TPSA) is 60.8 Å². The zero-order valence-corrected chi connectivity index (χ0v) is 18.1. The van der Waals surface area contributed by atoms with E-state index in [1.165, 1.54) is 0 Å². The average molecular weight is 436 g/mol. The lowest BCUT2D eigenvalue weighted by atomic mass is 10.1. The normalized spacial score (nSPS) is 11.0. The smallest absolute Gasteiger partial charge is 0.150 e. The van der Waals surface area contributed by atoms with Crippen LogP contribution >= 0.6 is 0 Å². The van der Waals surface area contributed by atoms with Crippen molar-refractivity contribution in [3.05, 3.63) is 125 Å². The van der Waals surface area contributed by atoms with E-state index in [1.807, 2.05) is 72.8 Å². The number of aldehydes is 1. The molecular formula is C29H25NO3. The molecule has 0 heterocycles. The molecular weight excluding hydrogens is 410 g/mol. The number of aliphatic hydroxyl groups excluding tert-OH is 2. The molecule has 0 aliphatic heterocycles. The Balaban J connectivity index is 1.62. The van der Waals surface area contributed by atoms with Gasteiger partial charge in [0.1, 0.15) is 6.29 Å². The van der Waals surface area contributed by atoms with Gasteiger partial charge in [0.15, 0.2) is 0 Å². The zero-order valence-electron chi connectivity index (χ0n) is 18.1. The highest BCUT2D eigenvalue weighted by Crippen LogP contribution is 2.35. The van der Waals surface area contributed by atoms with E-state index in [1.54, 1.807) is 12.1 Å². The summed E-state index contributed by atoms with van der Waals surface area (Å²) in [5.74, 6) is 0. The van der Waals surface area contributed by atoms with Crippen molar-refractivity contribution in [3.63, 3.8) is 0 Å². The molecule has 4 aromatic carbocycles. The fourth-order valence-corrected chi connectivity index (χ4v) is 3.56. The minimum Gasteiger partial charge on any atom is -0.392 e. The quantitative estimate of drug-likeness (QED) is 0.258. The van der Waals surface area contributed by atoms with Crippen LogP contribution in [0.15, 0.2) is 97.1 Å². The molecule has 0 spiro atoms. The minimum absolute atomic E-state index is 0.00435. The average Bonchev–Trinajstić information content (AvgIpc) is 2.89. The Morgan fingerprint density at radius 3 is 1.21 bits per heavy atom. The highest BCUT2D eigenvalue weighted by molar-refractivity contribution is 5.79. The van der Waals surface area contributed by atoms with Crippen molar-refractivity contribution in [2.75, 3.05) is 4.90 Å². The van der Waals surface area contributed by atoms with Crippen molar-refractivity contribution in [1.82, 2.24) is 0 Å². The number of rotatable bonds is 8. The monoisotopic (exact) mass is 435 g/mol. The van der Waals surface area contributed by atoms with E-state index in [0.717, 1.165) is 45.6 Å². The first-order valence-corrected chi connectivity index (χ1v) is 10.7. The standard InChI is InChI=1S/C29H25NO3/c31-19-24-5-3-22(4-6-24)1-2-23-7-13-27(14-8-23)30(28-15-9-25(20-32)10-16-28)29-17-11-26(21-33)12-18-29/h1-19,32-33H,20-21H2/b2-1+. The van der Waals surface area contributed by atoms with Crippen LogP contribution in [-0.2, 0) is 13.2 Å². The fourth-order valence-electron chi connectivity index (χ4n) is 3.56. The summed E-state index contributed by atoms with van der Waals surface area (Å²) >= 11 is 0. The number of hydrogen-bond donors (Lipinski definition) is 2. The van der Waals surface area contributed by atoms with Gasteiger partial charge < -0.3 is 15.1 Å². The molecule has 4 aromatic rings. The molecule has 0 saturated carbocycles. The van der Waals surface area contributed by atoms with E-state index in [0.29, 0.717) is 5.56 Å². The second-order valence-electron chi connectivity index (χ2n) is 7.69. The molecule has 0 aliphatic carbocycles. The Morgan fingerprint density at radius 2 is 0.848 bits per heavy atom. The van der Waals surface area contributed by atoms with Gasteiger partial charge in [-0.15, -0.1) is 0 Å². The predicted octanol–water partition coefficient (Wildman–Crippen LogP) is 6.12. The number of carbonyl (C=O) groups excluding carboxylic acids is 1.